The minimum atomic E-state index is -0.721. The molecule has 2 amide bonds. The highest BCUT2D eigenvalue weighted by atomic mass is 35.5. The lowest BCUT2D eigenvalue weighted by atomic mass is 9.86. The maximum absolute atomic E-state index is 12.0. The highest BCUT2D eigenvalue weighted by molar-refractivity contribution is 7.18. The minimum absolute atomic E-state index is 0.0371. The Hall–Kier alpha value is -1.53. The summed E-state index contributed by atoms with van der Waals surface area (Å²) in [6.45, 7) is 6.39. The minimum Gasteiger partial charge on any atom is -0.365 e. The van der Waals surface area contributed by atoms with Gasteiger partial charge in [0, 0.05) is 4.88 Å². The SMILES string of the molecule is CC(C)(C)c1ccc(-c2cc(NC(=O)C(Cl)=C(Cl)Cl)c(C(N)=O)s2)cc1. The summed E-state index contributed by atoms with van der Waals surface area (Å²) >= 11 is 17.9. The Bertz CT molecular complexity index is 877. The average Bonchev–Trinajstić information content (AvgIpc) is 2.97. The van der Waals surface area contributed by atoms with Gasteiger partial charge in [-0.2, -0.15) is 0 Å². The Balaban J connectivity index is 2.39. The van der Waals surface area contributed by atoms with Crippen LogP contribution < -0.4 is 11.1 Å². The van der Waals surface area contributed by atoms with Crippen molar-refractivity contribution >= 4 is 63.6 Å². The molecule has 0 saturated carbocycles. The number of hydrogen-bond acceptors (Lipinski definition) is 3. The molecule has 0 aliphatic rings. The van der Waals surface area contributed by atoms with Crippen LogP contribution in [-0.2, 0) is 10.2 Å². The van der Waals surface area contributed by atoms with Crippen molar-refractivity contribution in [2.45, 2.75) is 26.2 Å². The van der Waals surface area contributed by atoms with E-state index in [-0.39, 0.29) is 25.5 Å². The molecule has 0 aliphatic heterocycles. The van der Waals surface area contributed by atoms with E-state index in [2.05, 4.69) is 26.1 Å². The molecule has 0 radical (unpaired) electrons. The molecule has 138 valence electrons. The van der Waals surface area contributed by atoms with Gasteiger partial charge in [-0.25, -0.2) is 0 Å². The number of hydrogen-bond donors (Lipinski definition) is 2. The van der Waals surface area contributed by atoms with Crippen LogP contribution in [0.2, 0.25) is 0 Å². The zero-order valence-electron chi connectivity index (χ0n) is 14.3. The summed E-state index contributed by atoms with van der Waals surface area (Å²) in [6, 6.07) is 9.66. The Labute approximate surface area is 170 Å². The molecule has 4 nitrogen and oxygen atoms in total. The van der Waals surface area contributed by atoms with E-state index in [1.54, 1.807) is 6.07 Å². The van der Waals surface area contributed by atoms with Crippen molar-refractivity contribution in [2.24, 2.45) is 5.73 Å². The van der Waals surface area contributed by atoms with Crippen molar-refractivity contribution in [3.8, 4) is 10.4 Å². The summed E-state index contributed by atoms with van der Waals surface area (Å²) in [7, 11) is 0. The van der Waals surface area contributed by atoms with E-state index in [4.69, 9.17) is 40.5 Å². The average molecular weight is 432 g/mol. The van der Waals surface area contributed by atoms with E-state index in [0.29, 0.717) is 0 Å². The molecule has 1 heterocycles. The number of nitrogens with one attached hydrogen (secondary N) is 1. The number of amides is 2. The number of thiophene rings is 1. The lowest BCUT2D eigenvalue weighted by molar-refractivity contribution is -0.112. The van der Waals surface area contributed by atoms with Gasteiger partial charge in [-0.15, -0.1) is 11.3 Å². The molecule has 0 atom stereocenters. The first kappa shape index (κ1) is 20.8. The van der Waals surface area contributed by atoms with Gasteiger partial charge in [0.1, 0.15) is 14.4 Å². The molecule has 8 heteroatoms. The Kier molecular flexibility index (Phi) is 6.40. The number of benzene rings is 1. The van der Waals surface area contributed by atoms with Crippen LogP contribution in [0.15, 0.2) is 39.9 Å². The number of carbonyl (C=O) groups is 2. The van der Waals surface area contributed by atoms with Gasteiger partial charge in [-0.05, 0) is 22.6 Å². The summed E-state index contributed by atoms with van der Waals surface area (Å²) in [6.07, 6.45) is 0. The number of halogens is 3. The van der Waals surface area contributed by atoms with E-state index in [9.17, 15) is 9.59 Å². The van der Waals surface area contributed by atoms with Crippen LogP contribution in [-0.4, -0.2) is 11.8 Å². The molecular formula is C18H17Cl3N2O2S. The summed E-state index contributed by atoms with van der Waals surface area (Å²) < 4.78 is -0.363. The summed E-state index contributed by atoms with van der Waals surface area (Å²) in [4.78, 5) is 24.7. The van der Waals surface area contributed by atoms with Gasteiger partial charge < -0.3 is 11.1 Å². The molecule has 3 N–H and O–H groups in total. The van der Waals surface area contributed by atoms with Gasteiger partial charge in [0.25, 0.3) is 11.8 Å². The molecule has 1 aromatic heterocycles. The van der Waals surface area contributed by atoms with Crippen molar-refractivity contribution in [2.75, 3.05) is 5.32 Å². The second-order valence-electron chi connectivity index (χ2n) is 6.57. The molecule has 0 unspecified atom stereocenters. The lowest BCUT2D eigenvalue weighted by Crippen LogP contribution is -2.16. The van der Waals surface area contributed by atoms with Gasteiger partial charge in [-0.1, -0.05) is 79.8 Å². The first-order valence-corrected chi connectivity index (χ1v) is 9.52. The second kappa shape index (κ2) is 8.01. The number of anilines is 1. The number of rotatable bonds is 4. The third kappa shape index (κ3) is 4.80. The van der Waals surface area contributed by atoms with Gasteiger partial charge in [0.05, 0.1) is 5.69 Å². The molecule has 0 spiro atoms. The topological polar surface area (TPSA) is 72.2 Å². The third-order valence-electron chi connectivity index (χ3n) is 3.60. The van der Waals surface area contributed by atoms with Crippen molar-refractivity contribution < 1.29 is 9.59 Å². The smallest absolute Gasteiger partial charge is 0.269 e. The molecular weight excluding hydrogens is 415 g/mol. The lowest BCUT2D eigenvalue weighted by Gasteiger charge is -2.18. The zero-order valence-corrected chi connectivity index (χ0v) is 17.4. The van der Waals surface area contributed by atoms with Gasteiger partial charge in [-0.3, -0.25) is 9.59 Å². The maximum atomic E-state index is 12.0. The summed E-state index contributed by atoms with van der Waals surface area (Å²) in [5, 5.41) is 2.14. The van der Waals surface area contributed by atoms with E-state index in [0.717, 1.165) is 10.4 Å². The fraction of sp³-hybridized carbons (Fsp3) is 0.222. The fourth-order valence-corrected chi connectivity index (χ4v) is 3.40. The predicted octanol–water partition coefficient (Wildman–Crippen LogP) is 5.64. The number of nitrogens with two attached hydrogens (primary N) is 1. The molecule has 26 heavy (non-hydrogen) atoms. The summed E-state index contributed by atoms with van der Waals surface area (Å²) in [5.41, 5.74) is 7.81. The van der Waals surface area contributed by atoms with Gasteiger partial charge >= 0.3 is 0 Å². The molecule has 0 bridgehead atoms. The van der Waals surface area contributed by atoms with E-state index >= 15 is 0 Å². The van der Waals surface area contributed by atoms with Crippen LogP contribution >= 0.6 is 46.1 Å². The monoisotopic (exact) mass is 430 g/mol. The quantitative estimate of drug-likeness (QED) is 0.615. The molecule has 0 saturated heterocycles. The third-order valence-corrected chi connectivity index (χ3v) is 5.74. The van der Waals surface area contributed by atoms with Gasteiger partial charge in [0.2, 0.25) is 0 Å². The molecule has 1 aromatic carbocycles. The first-order valence-electron chi connectivity index (χ1n) is 7.57. The summed E-state index contributed by atoms with van der Waals surface area (Å²) in [5.74, 6) is -1.37. The van der Waals surface area contributed by atoms with Crippen LogP contribution in [0.4, 0.5) is 5.69 Å². The Morgan fingerprint density at radius 3 is 2.12 bits per heavy atom. The van der Waals surface area contributed by atoms with E-state index < -0.39 is 11.8 Å². The first-order chi connectivity index (χ1) is 12.0. The van der Waals surface area contributed by atoms with E-state index in [1.165, 1.54) is 16.9 Å². The Morgan fingerprint density at radius 2 is 1.65 bits per heavy atom. The van der Waals surface area contributed by atoms with Crippen molar-refractivity contribution in [1.82, 2.24) is 0 Å². The number of primary amides is 1. The highest BCUT2D eigenvalue weighted by Gasteiger charge is 2.20. The van der Waals surface area contributed by atoms with E-state index in [1.807, 2.05) is 24.3 Å². The van der Waals surface area contributed by atoms with Crippen LogP contribution in [0, 0.1) is 0 Å². The van der Waals surface area contributed by atoms with Crippen molar-refractivity contribution in [1.29, 1.82) is 0 Å². The van der Waals surface area contributed by atoms with Crippen LogP contribution in [0.3, 0.4) is 0 Å². The molecule has 0 fully saturated rings. The standard InChI is InChI=1S/C18H17Cl3N2O2S/c1-18(2,3)10-6-4-9(5-7-10)12-8-11(14(26-12)16(22)24)23-17(25)13(19)15(20)21/h4-8H,1-3H3,(H2,22,24)(H,23,25). The predicted molar refractivity (Wildman–Crippen MR) is 110 cm³/mol. The zero-order chi connectivity index (χ0) is 19.6. The van der Waals surface area contributed by atoms with Crippen molar-refractivity contribution in [3.63, 3.8) is 0 Å². The maximum Gasteiger partial charge on any atom is 0.269 e. The van der Waals surface area contributed by atoms with Crippen LogP contribution in [0.25, 0.3) is 10.4 Å². The normalized spacial score (nSPS) is 11.2. The Morgan fingerprint density at radius 1 is 1.08 bits per heavy atom. The highest BCUT2D eigenvalue weighted by Crippen LogP contribution is 2.36. The van der Waals surface area contributed by atoms with Gasteiger partial charge in [0.15, 0.2) is 0 Å². The van der Waals surface area contributed by atoms with Crippen molar-refractivity contribution in [3.05, 3.63) is 50.3 Å². The molecule has 2 rings (SSSR count). The number of carbonyl (C=O) groups excluding carboxylic acids is 2. The molecule has 0 aliphatic carbocycles. The van der Waals surface area contributed by atoms with Crippen LogP contribution in [0.1, 0.15) is 36.0 Å². The van der Waals surface area contributed by atoms with Crippen LogP contribution in [0.5, 0.6) is 0 Å². The molecule has 2 aromatic rings. The fourth-order valence-electron chi connectivity index (χ4n) is 2.21. The largest absolute Gasteiger partial charge is 0.365 e. The second-order valence-corrected chi connectivity index (χ2v) is 8.95.